The Morgan fingerprint density at radius 3 is 3.06 bits per heavy atom. The van der Waals surface area contributed by atoms with Crippen molar-refractivity contribution in [3.05, 3.63) is 21.9 Å². The van der Waals surface area contributed by atoms with E-state index in [0.717, 1.165) is 29.8 Å². The van der Waals surface area contributed by atoms with Gasteiger partial charge in [-0.2, -0.15) is 0 Å². The van der Waals surface area contributed by atoms with E-state index in [1.54, 1.807) is 6.92 Å². The largest absolute Gasteiger partial charge is 0.393 e. The highest BCUT2D eigenvalue weighted by atomic mass is 32.1. The Hall–Kier alpha value is -0.870. The fourth-order valence-electron chi connectivity index (χ4n) is 2.46. The SMILES string of the molecule is Cc1ccsc1C(=O)N1CCC[C@H]1C[C@H](C)O. The first kappa shape index (κ1) is 12.6. The zero-order valence-electron chi connectivity index (χ0n) is 10.3. The number of carbonyl (C=O) groups is 1. The maximum absolute atomic E-state index is 12.4. The molecule has 2 rings (SSSR count). The lowest BCUT2D eigenvalue weighted by molar-refractivity contribution is 0.0686. The normalized spacial score (nSPS) is 21.8. The molecule has 0 aliphatic carbocycles. The Morgan fingerprint density at radius 2 is 2.47 bits per heavy atom. The van der Waals surface area contributed by atoms with Crippen LogP contribution in [0.15, 0.2) is 11.4 Å². The smallest absolute Gasteiger partial charge is 0.264 e. The molecule has 3 nitrogen and oxygen atoms in total. The summed E-state index contributed by atoms with van der Waals surface area (Å²) in [6.45, 7) is 4.59. The molecular formula is C13H19NO2S. The Morgan fingerprint density at radius 1 is 1.71 bits per heavy atom. The van der Waals surface area contributed by atoms with Crippen molar-refractivity contribution >= 4 is 17.2 Å². The highest BCUT2D eigenvalue weighted by Gasteiger charge is 2.31. The first-order valence-corrected chi connectivity index (χ1v) is 7.00. The lowest BCUT2D eigenvalue weighted by Crippen LogP contribution is -2.37. The molecule has 1 saturated heterocycles. The molecule has 2 atom stereocenters. The molecule has 0 spiro atoms. The van der Waals surface area contributed by atoms with Crippen LogP contribution in [0.5, 0.6) is 0 Å². The molecule has 94 valence electrons. The lowest BCUT2D eigenvalue weighted by atomic mass is 10.1. The van der Waals surface area contributed by atoms with Gasteiger partial charge in [-0.3, -0.25) is 4.79 Å². The van der Waals surface area contributed by atoms with Crippen molar-refractivity contribution in [2.75, 3.05) is 6.54 Å². The van der Waals surface area contributed by atoms with Gasteiger partial charge in [-0.15, -0.1) is 11.3 Å². The van der Waals surface area contributed by atoms with Crippen LogP contribution in [0.4, 0.5) is 0 Å². The van der Waals surface area contributed by atoms with Crippen LogP contribution in [-0.4, -0.2) is 34.6 Å². The number of amides is 1. The molecular weight excluding hydrogens is 234 g/mol. The second-order valence-corrected chi connectivity index (χ2v) is 5.73. The second kappa shape index (κ2) is 5.19. The standard InChI is InChI=1S/C13H19NO2S/c1-9-5-7-17-12(9)13(16)14-6-3-4-11(14)8-10(2)15/h5,7,10-11,15H,3-4,6,8H2,1-2H3/t10-,11-/m0/s1. The van der Waals surface area contributed by atoms with Crippen molar-refractivity contribution in [3.8, 4) is 0 Å². The fourth-order valence-corrected chi connectivity index (χ4v) is 3.34. The number of thiophene rings is 1. The van der Waals surface area contributed by atoms with E-state index in [-0.39, 0.29) is 18.1 Å². The van der Waals surface area contributed by atoms with Gasteiger partial charge in [-0.1, -0.05) is 0 Å². The Labute approximate surface area is 106 Å². The Kier molecular flexibility index (Phi) is 3.84. The van der Waals surface area contributed by atoms with Crippen molar-refractivity contribution in [1.82, 2.24) is 4.90 Å². The molecule has 1 aliphatic heterocycles. The monoisotopic (exact) mass is 253 g/mol. The summed E-state index contributed by atoms with van der Waals surface area (Å²) in [4.78, 5) is 15.2. The summed E-state index contributed by atoms with van der Waals surface area (Å²) >= 11 is 1.51. The van der Waals surface area contributed by atoms with Crippen LogP contribution in [0.3, 0.4) is 0 Å². The van der Waals surface area contributed by atoms with E-state index in [1.807, 2.05) is 23.3 Å². The van der Waals surface area contributed by atoms with E-state index in [2.05, 4.69) is 0 Å². The summed E-state index contributed by atoms with van der Waals surface area (Å²) in [5.41, 5.74) is 1.06. The van der Waals surface area contributed by atoms with E-state index >= 15 is 0 Å². The molecule has 0 aromatic carbocycles. The molecule has 1 aliphatic rings. The molecule has 1 amide bonds. The first-order chi connectivity index (χ1) is 8.09. The van der Waals surface area contributed by atoms with Crippen LogP contribution in [0.2, 0.25) is 0 Å². The molecule has 0 bridgehead atoms. The highest BCUT2D eigenvalue weighted by Crippen LogP contribution is 2.26. The summed E-state index contributed by atoms with van der Waals surface area (Å²) in [6.07, 6.45) is 2.42. The van der Waals surface area contributed by atoms with Crippen LogP contribution >= 0.6 is 11.3 Å². The van der Waals surface area contributed by atoms with Gasteiger partial charge in [0.15, 0.2) is 0 Å². The van der Waals surface area contributed by atoms with Crippen molar-refractivity contribution < 1.29 is 9.90 Å². The number of hydrogen-bond acceptors (Lipinski definition) is 3. The molecule has 1 aromatic rings. The number of hydrogen-bond donors (Lipinski definition) is 1. The van der Waals surface area contributed by atoms with Gasteiger partial charge in [0.25, 0.3) is 5.91 Å². The Balaban J connectivity index is 2.11. The third kappa shape index (κ3) is 2.69. The van der Waals surface area contributed by atoms with E-state index in [0.29, 0.717) is 6.42 Å². The van der Waals surface area contributed by atoms with Gasteiger partial charge in [0, 0.05) is 12.6 Å². The zero-order valence-corrected chi connectivity index (χ0v) is 11.2. The molecule has 1 N–H and O–H groups in total. The average molecular weight is 253 g/mol. The predicted molar refractivity (Wildman–Crippen MR) is 69.4 cm³/mol. The molecule has 2 heterocycles. The van der Waals surface area contributed by atoms with Crippen molar-refractivity contribution in [1.29, 1.82) is 0 Å². The van der Waals surface area contributed by atoms with Gasteiger partial charge >= 0.3 is 0 Å². The van der Waals surface area contributed by atoms with Gasteiger partial charge in [0.05, 0.1) is 11.0 Å². The van der Waals surface area contributed by atoms with Crippen LogP contribution in [0.25, 0.3) is 0 Å². The van der Waals surface area contributed by atoms with Crippen LogP contribution < -0.4 is 0 Å². The average Bonchev–Trinajstić information content (AvgIpc) is 2.85. The quantitative estimate of drug-likeness (QED) is 0.898. The van der Waals surface area contributed by atoms with Crippen molar-refractivity contribution in [2.24, 2.45) is 0 Å². The predicted octanol–water partition coefficient (Wildman–Crippen LogP) is 2.43. The minimum Gasteiger partial charge on any atom is -0.393 e. The van der Waals surface area contributed by atoms with Gasteiger partial charge in [-0.05, 0) is 50.1 Å². The topological polar surface area (TPSA) is 40.5 Å². The number of rotatable bonds is 3. The first-order valence-electron chi connectivity index (χ1n) is 6.12. The number of nitrogens with zero attached hydrogens (tertiary/aromatic N) is 1. The Bertz CT molecular complexity index is 400. The molecule has 0 radical (unpaired) electrons. The summed E-state index contributed by atoms with van der Waals surface area (Å²) < 4.78 is 0. The third-order valence-corrected chi connectivity index (χ3v) is 4.31. The van der Waals surface area contributed by atoms with Crippen LogP contribution in [0, 0.1) is 6.92 Å². The number of likely N-dealkylation sites (tertiary alicyclic amines) is 1. The van der Waals surface area contributed by atoms with Gasteiger partial charge in [0.2, 0.25) is 0 Å². The van der Waals surface area contributed by atoms with E-state index in [4.69, 9.17) is 0 Å². The summed E-state index contributed by atoms with van der Waals surface area (Å²) in [7, 11) is 0. The van der Waals surface area contributed by atoms with Crippen molar-refractivity contribution in [3.63, 3.8) is 0 Å². The van der Waals surface area contributed by atoms with Crippen LogP contribution in [0.1, 0.15) is 41.4 Å². The van der Waals surface area contributed by atoms with Gasteiger partial charge in [0.1, 0.15) is 0 Å². The second-order valence-electron chi connectivity index (χ2n) is 4.81. The molecule has 4 heteroatoms. The third-order valence-electron chi connectivity index (χ3n) is 3.31. The molecule has 1 fully saturated rings. The van der Waals surface area contributed by atoms with Crippen LogP contribution in [-0.2, 0) is 0 Å². The maximum Gasteiger partial charge on any atom is 0.264 e. The number of aliphatic hydroxyl groups is 1. The molecule has 0 saturated carbocycles. The molecule has 17 heavy (non-hydrogen) atoms. The maximum atomic E-state index is 12.4. The van der Waals surface area contributed by atoms with Crippen molar-refractivity contribution in [2.45, 2.75) is 45.3 Å². The van der Waals surface area contributed by atoms with E-state index in [1.165, 1.54) is 11.3 Å². The van der Waals surface area contributed by atoms with Gasteiger partial charge in [-0.25, -0.2) is 0 Å². The zero-order chi connectivity index (χ0) is 12.4. The summed E-state index contributed by atoms with van der Waals surface area (Å²) in [5.74, 6) is 0.139. The lowest BCUT2D eigenvalue weighted by Gasteiger charge is -2.25. The summed E-state index contributed by atoms with van der Waals surface area (Å²) in [6, 6.07) is 2.20. The summed E-state index contributed by atoms with van der Waals surface area (Å²) in [5, 5.41) is 11.4. The van der Waals surface area contributed by atoms with E-state index in [9.17, 15) is 9.90 Å². The highest BCUT2D eigenvalue weighted by molar-refractivity contribution is 7.12. The number of aliphatic hydroxyl groups excluding tert-OH is 1. The van der Waals surface area contributed by atoms with E-state index < -0.39 is 0 Å². The van der Waals surface area contributed by atoms with Gasteiger partial charge < -0.3 is 10.0 Å². The minimum absolute atomic E-state index is 0.139. The number of aryl methyl sites for hydroxylation is 1. The molecule has 0 unspecified atom stereocenters. The fraction of sp³-hybridized carbons (Fsp3) is 0.615. The number of carbonyl (C=O) groups excluding carboxylic acids is 1. The minimum atomic E-state index is -0.335. The molecule has 1 aromatic heterocycles.